The predicted octanol–water partition coefficient (Wildman–Crippen LogP) is 4.10. The molecule has 2 heterocycles. The lowest BCUT2D eigenvalue weighted by Crippen LogP contribution is -2.24. The number of benzene rings is 2. The van der Waals surface area contributed by atoms with Crippen LogP contribution in [0.1, 0.15) is 34.4 Å². The molecule has 0 aliphatic heterocycles. The number of hydrogen-bond acceptors (Lipinski definition) is 4. The SMILES string of the molecule is Cc1[nH]c(=O)c(C#N)c(C)c1CCC(=O)NCc1cn(-c2ccccc2)nc1-c1ccc(F)cc1. The number of aromatic nitrogens is 3. The molecule has 4 rings (SSSR count). The van der Waals surface area contributed by atoms with Gasteiger partial charge in [-0.2, -0.15) is 10.4 Å². The van der Waals surface area contributed by atoms with E-state index in [9.17, 15) is 19.2 Å². The second-order valence-corrected chi connectivity index (χ2v) is 8.24. The average molecular weight is 470 g/mol. The van der Waals surface area contributed by atoms with Gasteiger partial charge in [-0.1, -0.05) is 18.2 Å². The summed E-state index contributed by atoms with van der Waals surface area (Å²) in [6.45, 7) is 3.72. The highest BCUT2D eigenvalue weighted by molar-refractivity contribution is 5.76. The molecule has 0 radical (unpaired) electrons. The monoisotopic (exact) mass is 469 g/mol. The van der Waals surface area contributed by atoms with Gasteiger partial charge in [0, 0.05) is 36.0 Å². The number of aromatic amines is 1. The second-order valence-electron chi connectivity index (χ2n) is 8.24. The number of nitrogens with one attached hydrogen (secondary N) is 2. The van der Waals surface area contributed by atoms with E-state index in [0.29, 0.717) is 23.4 Å². The highest BCUT2D eigenvalue weighted by atomic mass is 19.1. The Labute approximate surface area is 201 Å². The van der Waals surface area contributed by atoms with Crippen LogP contribution in [0.2, 0.25) is 0 Å². The Bertz CT molecular complexity index is 1460. The van der Waals surface area contributed by atoms with Crippen LogP contribution in [0.15, 0.2) is 65.6 Å². The van der Waals surface area contributed by atoms with Crippen molar-refractivity contribution < 1.29 is 9.18 Å². The van der Waals surface area contributed by atoms with Crippen LogP contribution in [-0.2, 0) is 17.8 Å². The minimum Gasteiger partial charge on any atom is -0.352 e. The van der Waals surface area contributed by atoms with Gasteiger partial charge in [-0.25, -0.2) is 9.07 Å². The van der Waals surface area contributed by atoms with Crippen LogP contribution in [0.25, 0.3) is 16.9 Å². The first-order valence-corrected chi connectivity index (χ1v) is 11.2. The third kappa shape index (κ3) is 5.20. The van der Waals surface area contributed by atoms with Crippen molar-refractivity contribution in [2.24, 2.45) is 0 Å². The maximum absolute atomic E-state index is 13.5. The largest absolute Gasteiger partial charge is 0.352 e. The van der Waals surface area contributed by atoms with E-state index in [4.69, 9.17) is 0 Å². The van der Waals surface area contributed by atoms with Crippen LogP contribution in [0.4, 0.5) is 4.39 Å². The fraction of sp³-hybridized carbons (Fsp3) is 0.185. The Morgan fingerprint density at radius 3 is 2.54 bits per heavy atom. The maximum Gasteiger partial charge on any atom is 0.266 e. The summed E-state index contributed by atoms with van der Waals surface area (Å²) < 4.78 is 15.2. The van der Waals surface area contributed by atoms with E-state index in [0.717, 1.165) is 22.4 Å². The lowest BCUT2D eigenvalue weighted by molar-refractivity contribution is -0.121. The van der Waals surface area contributed by atoms with Gasteiger partial charge in [-0.3, -0.25) is 9.59 Å². The summed E-state index contributed by atoms with van der Waals surface area (Å²) in [4.78, 5) is 27.3. The summed E-state index contributed by atoms with van der Waals surface area (Å²) in [5.74, 6) is -0.510. The fourth-order valence-corrected chi connectivity index (χ4v) is 4.04. The van der Waals surface area contributed by atoms with E-state index in [-0.39, 0.29) is 30.3 Å². The summed E-state index contributed by atoms with van der Waals surface area (Å²) in [5.41, 5.74) is 4.76. The summed E-state index contributed by atoms with van der Waals surface area (Å²) in [5, 5.41) is 16.9. The number of pyridine rings is 1. The molecule has 2 aromatic heterocycles. The molecule has 0 fully saturated rings. The van der Waals surface area contributed by atoms with Crippen molar-refractivity contribution in [2.45, 2.75) is 33.2 Å². The first-order valence-electron chi connectivity index (χ1n) is 11.2. The van der Waals surface area contributed by atoms with Gasteiger partial charge in [0.05, 0.1) is 11.4 Å². The third-order valence-electron chi connectivity index (χ3n) is 5.93. The Hall–Kier alpha value is -4.51. The van der Waals surface area contributed by atoms with Gasteiger partial charge < -0.3 is 10.3 Å². The van der Waals surface area contributed by atoms with Crippen molar-refractivity contribution in [3.05, 3.63) is 105 Å². The molecule has 0 spiro atoms. The molecule has 0 aliphatic rings. The van der Waals surface area contributed by atoms with E-state index in [2.05, 4.69) is 15.4 Å². The molecule has 0 unspecified atom stereocenters. The number of para-hydroxylation sites is 1. The number of nitrogens with zero attached hydrogens (tertiary/aromatic N) is 3. The maximum atomic E-state index is 13.5. The lowest BCUT2D eigenvalue weighted by atomic mass is 9.99. The first-order chi connectivity index (χ1) is 16.9. The quantitative estimate of drug-likeness (QED) is 0.425. The third-order valence-corrected chi connectivity index (χ3v) is 5.93. The zero-order valence-electron chi connectivity index (χ0n) is 19.4. The molecule has 0 aliphatic carbocycles. The van der Waals surface area contributed by atoms with Gasteiger partial charge >= 0.3 is 0 Å². The van der Waals surface area contributed by atoms with Crippen molar-refractivity contribution in [3.8, 4) is 23.0 Å². The van der Waals surface area contributed by atoms with E-state index in [1.54, 1.807) is 30.7 Å². The number of amides is 1. The smallest absolute Gasteiger partial charge is 0.266 e. The molecule has 0 atom stereocenters. The van der Waals surface area contributed by atoms with Gasteiger partial charge in [0.2, 0.25) is 5.91 Å². The van der Waals surface area contributed by atoms with Crippen LogP contribution < -0.4 is 10.9 Å². The summed E-state index contributed by atoms with van der Waals surface area (Å²) >= 11 is 0. The number of carbonyl (C=O) groups excluding carboxylic acids is 1. The van der Waals surface area contributed by atoms with Crippen molar-refractivity contribution in [1.82, 2.24) is 20.1 Å². The molecule has 4 aromatic rings. The highest BCUT2D eigenvalue weighted by Crippen LogP contribution is 2.24. The van der Waals surface area contributed by atoms with Crippen LogP contribution >= 0.6 is 0 Å². The molecule has 2 N–H and O–H groups in total. The minimum absolute atomic E-state index is 0.0725. The molecule has 7 nitrogen and oxygen atoms in total. The Morgan fingerprint density at radius 1 is 1.14 bits per heavy atom. The molecule has 0 saturated heterocycles. The van der Waals surface area contributed by atoms with E-state index in [1.165, 1.54) is 12.1 Å². The molecule has 0 bridgehead atoms. The van der Waals surface area contributed by atoms with E-state index >= 15 is 0 Å². The normalized spacial score (nSPS) is 10.7. The molecule has 8 heteroatoms. The number of aryl methyl sites for hydroxylation is 1. The molecule has 0 saturated carbocycles. The number of hydrogen-bond donors (Lipinski definition) is 2. The van der Waals surface area contributed by atoms with Crippen molar-refractivity contribution in [1.29, 1.82) is 5.26 Å². The Balaban J connectivity index is 1.52. The van der Waals surface area contributed by atoms with Crippen molar-refractivity contribution >= 4 is 5.91 Å². The summed E-state index contributed by atoms with van der Waals surface area (Å²) in [6, 6.07) is 17.6. The predicted molar refractivity (Wildman–Crippen MR) is 130 cm³/mol. The topological polar surface area (TPSA) is 104 Å². The van der Waals surface area contributed by atoms with E-state index < -0.39 is 5.56 Å². The summed E-state index contributed by atoms with van der Waals surface area (Å²) in [6.07, 6.45) is 2.43. The number of carbonyl (C=O) groups is 1. The standard InChI is InChI=1S/C27H24FN5O2/c1-17-23(18(2)31-27(35)24(17)14-29)12-13-25(34)30-15-20-16-33(22-6-4-3-5-7-22)32-26(20)19-8-10-21(28)11-9-19/h3-11,16H,12-13,15H2,1-2H3,(H,30,34)(H,31,35). The van der Waals surface area contributed by atoms with Crippen LogP contribution in [-0.4, -0.2) is 20.7 Å². The van der Waals surface area contributed by atoms with Crippen LogP contribution in [0.3, 0.4) is 0 Å². The highest BCUT2D eigenvalue weighted by Gasteiger charge is 2.16. The Kier molecular flexibility index (Phi) is 6.88. The van der Waals surface area contributed by atoms with Crippen LogP contribution in [0, 0.1) is 31.0 Å². The molecular weight excluding hydrogens is 445 g/mol. The van der Waals surface area contributed by atoms with Gasteiger partial charge in [-0.15, -0.1) is 0 Å². The molecule has 176 valence electrons. The molecule has 2 aromatic carbocycles. The molecule has 35 heavy (non-hydrogen) atoms. The van der Waals surface area contributed by atoms with Crippen LogP contribution in [0.5, 0.6) is 0 Å². The van der Waals surface area contributed by atoms with Gasteiger partial charge in [0.15, 0.2) is 0 Å². The summed E-state index contributed by atoms with van der Waals surface area (Å²) in [7, 11) is 0. The van der Waals surface area contributed by atoms with Gasteiger partial charge in [0.25, 0.3) is 5.56 Å². The minimum atomic E-state index is -0.417. The Morgan fingerprint density at radius 2 is 1.86 bits per heavy atom. The van der Waals surface area contributed by atoms with Gasteiger partial charge in [0.1, 0.15) is 17.4 Å². The number of H-pyrrole nitrogens is 1. The number of halogens is 1. The van der Waals surface area contributed by atoms with Crippen molar-refractivity contribution in [2.75, 3.05) is 0 Å². The fourth-order valence-electron chi connectivity index (χ4n) is 4.04. The zero-order valence-corrected chi connectivity index (χ0v) is 19.4. The molecular formula is C27H24FN5O2. The lowest BCUT2D eigenvalue weighted by Gasteiger charge is -2.11. The number of nitriles is 1. The first kappa shape index (κ1) is 23.6. The molecule has 1 amide bonds. The van der Waals surface area contributed by atoms with Crippen molar-refractivity contribution in [3.63, 3.8) is 0 Å². The number of rotatable bonds is 7. The zero-order chi connectivity index (χ0) is 24.9. The second kappa shape index (κ2) is 10.2. The van der Waals surface area contributed by atoms with Gasteiger partial charge in [-0.05, 0) is 67.8 Å². The average Bonchev–Trinajstić information content (AvgIpc) is 3.28. The van der Waals surface area contributed by atoms with E-state index in [1.807, 2.05) is 42.6 Å².